The van der Waals surface area contributed by atoms with Gasteiger partial charge in [0.05, 0.1) is 16.5 Å². The van der Waals surface area contributed by atoms with Gasteiger partial charge in [-0.25, -0.2) is 8.42 Å². The molecular formula is C23H26N4O4S. The molecule has 168 valence electrons. The number of piperazine rings is 1. The maximum absolute atomic E-state index is 13.1. The molecule has 1 heterocycles. The van der Waals surface area contributed by atoms with Crippen LogP contribution in [0.4, 0.5) is 0 Å². The van der Waals surface area contributed by atoms with Gasteiger partial charge in [-0.2, -0.15) is 9.57 Å². The molecule has 1 saturated heterocycles. The van der Waals surface area contributed by atoms with E-state index in [1.807, 2.05) is 26.0 Å². The van der Waals surface area contributed by atoms with Gasteiger partial charge in [0.1, 0.15) is 6.04 Å². The first-order valence-electron chi connectivity index (χ1n) is 10.4. The molecular weight excluding hydrogens is 428 g/mol. The predicted molar refractivity (Wildman–Crippen MR) is 119 cm³/mol. The molecule has 8 nitrogen and oxygen atoms in total. The van der Waals surface area contributed by atoms with Gasteiger partial charge < -0.3 is 10.2 Å². The highest BCUT2D eigenvalue weighted by molar-refractivity contribution is 7.89. The third-order valence-corrected chi connectivity index (χ3v) is 7.34. The first-order valence-corrected chi connectivity index (χ1v) is 11.8. The fraction of sp³-hybridized carbons (Fsp3) is 0.348. The van der Waals surface area contributed by atoms with Gasteiger partial charge in [0.15, 0.2) is 0 Å². The summed E-state index contributed by atoms with van der Waals surface area (Å²) in [6.07, 6.45) is 0. The lowest BCUT2D eigenvalue weighted by atomic mass is 10.0. The minimum absolute atomic E-state index is 0.117. The molecule has 1 N–H and O–H groups in total. The Kier molecular flexibility index (Phi) is 7.28. The van der Waals surface area contributed by atoms with Crippen LogP contribution in [-0.2, 0) is 14.8 Å². The lowest BCUT2D eigenvalue weighted by Crippen LogP contribution is -2.57. The molecule has 0 radical (unpaired) electrons. The van der Waals surface area contributed by atoms with E-state index in [1.165, 1.54) is 28.6 Å². The van der Waals surface area contributed by atoms with E-state index in [0.29, 0.717) is 11.1 Å². The van der Waals surface area contributed by atoms with Crippen LogP contribution >= 0.6 is 0 Å². The standard InChI is InChI=1S/C23H26N4O4S/c1-17(2)21(25-22(28)19-6-4-3-5-7-19)23(29)26-12-14-27(15-13-26)32(30,31)20-10-8-18(16-24)9-11-20/h3-11,17,21H,12-15H2,1-2H3,(H,25,28)/t21-/m0/s1. The van der Waals surface area contributed by atoms with Crippen molar-refractivity contribution in [3.63, 3.8) is 0 Å². The number of nitriles is 1. The van der Waals surface area contributed by atoms with Crippen molar-refractivity contribution in [2.24, 2.45) is 5.92 Å². The van der Waals surface area contributed by atoms with E-state index in [-0.39, 0.29) is 48.8 Å². The van der Waals surface area contributed by atoms with E-state index < -0.39 is 16.1 Å². The van der Waals surface area contributed by atoms with Crippen LogP contribution in [0.3, 0.4) is 0 Å². The smallest absolute Gasteiger partial charge is 0.251 e. The molecule has 0 aromatic heterocycles. The topological polar surface area (TPSA) is 111 Å². The van der Waals surface area contributed by atoms with Crippen LogP contribution in [0.2, 0.25) is 0 Å². The Morgan fingerprint density at radius 2 is 1.56 bits per heavy atom. The monoisotopic (exact) mass is 454 g/mol. The SMILES string of the molecule is CC(C)[C@H](NC(=O)c1ccccc1)C(=O)N1CCN(S(=O)(=O)c2ccc(C#N)cc2)CC1. The molecule has 0 bridgehead atoms. The van der Waals surface area contributed by atoms with Crippen LogP contribution in [0.25, 0.3) is 0 Å². The van der Waals surface area contributed by atoms with E-state index in [0.717, 1.165) is 0 Å². The number of carbonyl (C=O) groups excluding carboxylic acids is 2. The zero-order valence-corrected chi connectivity index (χ0v) is 18.9. The lowest BCUT2D eigenvalue weighted by molar-refractivity contribution is -0.135. The molecule has 0 spiro atoms. The second kappa shape index (κ2) is 9.94. The average molecular weight is 455 g/mol. The van der Waals surface area contributed by atoms with Gasteiger partial charge in [-0.15, -0.1) is 0 Å². The van der Waals surface area contributed by atoms with Crippen molar-refractivity contribution in [1.82, 2.24) is 14.5 Å². The number of nitrogens with one attached hydrogen (secondary N) is 1. The van der Waals surface area contributed by atoms with E-state index in [4.69, 9.17) is 5.26 Å². The Balaban J connectivity index is 1.65. The van der Waals surface area contributed by atoms with Gasteiger partial charge in [0, 0.05) is 31.7 Å². The Bertz CT molecular complexity index is 1100. The zero-order valence-electron chi connectivity index (χ0n) is 18.1. The van der Waals surface area contributed by atoms with Crippen LogP contribution in [-0.4, -0.2) is 61.7 Å². The fourth-order valence-electron chi connectivity index (χ4n) is 3.52. The van der Waals surface area contributed by atoms with Crippen molar-refractivity contribution in [2.45, 2.75) is 24.8 Å². The molecule has 3 rings (SSSR count). The summed E-state index contributed by atoms with van der Waals surface area (Å²) >= 11 is 0. The van der Waals surface area contributed by atoms with Crippen LogP contribution in [0, 0.1) is 17.2 Å². The third-order valence-electron chi connectivity index (χ3n) is 5.43. The molecule has 0 unspecified atom stereocenters. The summed E-state index contributed by atoms with van der Waals surface area (Å²) in [6, 6.07) is 15.7. The highest BCUT2D eigenvalue weighted by Gasteiger charge is 2.34. The average Bonchev–Trinajstić information content (AvgIpc) is 2.82. The maximum Gasteiger partial charge on any atom is 0.251 e. The maximum atomic E-state index is 13.1. The minimum atomic E-state index is -3.71. The molecule has 1 aliphatic rings. The molecule has 1 atom stereocenters. The summed E-state index contributed by atoms with van der Waals surface area (Å²) in [5.41, 5.74) is 0.862. The summed E-state index contributed by atoms with van der Waals surface area (Å²) in [4.78, 5) is 27.4. The Morgan fingerprint density at radius 1 is 0.969 bits per heavy atom. The first-order chi connectivity index (χ1) is 15.2. The molecule has 2 amide bonds. The minimum Gasteiger partial charge on any atom is -0.340 e. The van der Waals surface area contributed by atoms with Crippen molar-refractivity contribution < 1.29 is 18.0 Å². The van der Waals surface area contributed by atoms with Crippen molar-refractivity contribution >= 4 is 21.8 Å². The number of benzene rings is 2. The van der Waals surface area contributed by atoms with Crippen LogP contribution in [0.5, 0.6) is 0 Å². The van der Waals surface area contributed by atoms with E-state index in [9.17, 15) is 18.0 Å². The van der Waals surface area contributed by atoms with Crippen molar-refractivity contribution in [3.8, 4) is 6.07 Å². The number of nitrogens with zero attached hydrogens (tertiary/aromatic N) is 3. The number of amides is 2. The summed E-state index contributed by atoms with van der Waals surface area (Å²) in [7, 11) is -3.71. The molecule has 0 saturated carbocycles. The highest BCUT2D eigenvalue weighted by atomic mass is 32.2. The zero-order chi connectivity index (χ0) is 23.3. The normalized spacial score (nSPS) is 15.8. The van der Waals surface area contributed by atoms with Gasteiger partial charge in [0.2, 0.25) is 15.9 Å². The van der Waals surface area contributed by atoms with E-state index in [1.54, 1.807) is 29.2 Å². The first kappa shape index (κ1) is 23.4. The van der Waals surface area contributed by atoms with Crippen molar-refractivity contribution in [3.05, 3.63) is 65.7 Å². The summed E-state index contributed by atoms with van der Waals surface area (Å²) in [6.45, 7) is 4.51. The number of hydrogen-bond acceptors (Lipinski definition) is 5. The van der Waals surface area contributed by atoms with Crippen LogP contribution in [0.1, 0.15) is 29.8 Å². The molecule has 9 heteroatoms. The highest BCUT2D eigenvalue weighted by Crippen LogP contribution is 2.19. The van der Waals surface area contributed by atoms with E-state index in [2.05, 4.69) is 5.32 Å². The largest absolute Gasteiger partial charge is 0.340 e. The van der Waals surface area contributed by atoms with Gasteiger partial charge in [-0.3, -0.25) is 9.59 Å². The fourth-order valence-corrected chi connectivity index (χ4v) is 4.95. The van der Waals surface area contributed by atoms with Gasteiger partial charge >= 0.3 is 0 Å². The number of rotatable bonds is 6. The van der Waals surface area contributed by atoms with Crippen LogP contribution in [0.15, 0.2) is 59.5 Å². The second-order valence-electron chi connectivity index (χ2n) is 7.93. The summed E-state index contributed by atoms with van der Waals surface area (Å²) in [5, 5.41) is 11.7. The lowest BCUT2D eigenvalue weighted by Gasteiger charge is -2.36. The Labute approximate surface area is 188 Å². The molecule has 0 aliphatic carbocycles. The van der Waals surface area contributed by atoms with Gasteiger partial charge in [0.25, 0.3) is 5.91 Å². The number of hydrogen-bond donors (Lipinski definition) is 1. The van der Waals surface area contributed by atoms with Gasteiger partial charge in [-0.05, 0) is 42.3 Å². The summed E-state index contributed by atoms with van der Waals surface area (Å²) in [5.74, 6) is -0.671. The molecule has 2 aromatic rings. The Hall–Kier alpha value is -3.22. The molecule has 1 aliphatic heterocycles. The number of sulfonamides is 1. The van der Waals surface area contributed by atoms with Crippen LogP contribution < -0.4 is 5.32 Å². The third kappa shape index (κ3) is 5.15. The molecule has 32 heavy (non-hydrogen) atoms. The van der Waals surface area contributed by atoms with Gasteiger partial charge in [-0.1, -0.05) is 32.0 Å². The van der Waals surface area contributed by atoms with Crippen molar-refractivity contribution in [1.29, 1.82) is 5.26 Å². The number of carbonyl (C=O) groups is 2. The molecule has 2 aromatic carbocycles. The van der Waals surface area contributed by atoms with E-state index >= 15 is 0 Å². The summed E-state index contributed by atoms with van der Waals surface area (Å²) < 4.78 is 27.1. The second-order valence-corrected chi connectivity index (χ2v) is 9.86. The van der Waals surface area contributed by atoms with Crippen molar-refractivity contribution in [2.75, 3.05) is 26.2 Å². The predicted octanol–water partition coefficient (Wildman–Crippen LogP) is 1.85. The molecule has 1 fully saturated rings. The quantitative estimate of drug-likeness (QED) is 0.716. The Morgan fingerprint density at radius 3 is 2.09 bits per heavy atom.